The van der Waals surface area contributed by atoms with Crippen LogP contribution in [-0.4, -0.2) is 31.9 Å². The van der Waals surface area contributed by atoms with Gasteiger partial charge in [0.1, 0.15) is 0 Å². The smallest absolute Gasteiger partial charge is 0.243 e. The average molecular weight is 290 g/mol. The molecule has 1 aliphatic heterocycles. The third-order valence-electron chi connectivity index (χ3n) is 3.92. The fourth-order valence-electron chi connectivity index (χ4n) is 2.82. The minimum atomic E-state index is -3.44. The first-order chi connectivity index (χ1) is 9.63. The van der Waals surface area contributed by atoms with Crippen LogP contribution >= 0.6 is 0 Å². The monoisotopic (exact) mass is 290 g/mol. The summed E-state index contributed by atoms with van der Waals surface area (Å²) in [5.74, 6) is 0. The molecule has 1 saturated heterocycles. The molecule has 2 aromatic carbocycles. The molecule has 2 N–H and O–H groups in total. The molecule has 5 heteroatoms. The van der Waals surface area contributed by atoms with Gasteiger partial charge in [-0.3, -0.25) is 0 Å². The van der Waals surface area contributed by atoms with Crippen molar-refractivity contribution in [1.29, 1.82) is 0 Å². The van der Waals surface area contributed by atoms with Gasteiger partial charge in [0.25, 0.3) is 0 Å². The van der Waals surface area contributed by atoms with Crippen LogP contribution in [0.3, 0.4) is 0 Å². The van der Waals surface area contributed by atoms with E-state index in [1.54, 1.807) is 16.4 Å². The van der Waals surface area contributed by atoms with E-state index in [2.05, 4.69) is 0 Å². The van der Waals surface area contributed by atoms with Crippen molar-refractivity contribution >= 4 is 20.8 Å². The quantitative estimate of drug-likeness (QED) is 0.939. The Kier molecular flexibility index (Phi) is 3.50. The van der Waals surface area contributed by atoms with Gasteiger partial charge in [0.2, 0.25) is 10.0 Å². The van der Waals surface area contributed by atoms with E-state index >= 15 is 0 Å². The van der Waals surface area contributed by atoms with Crippen molar-refractivity contribution < 1.29 is 8.42 Å². The molecule has 1 heterocycles. The summed E-state index contributed by atoms with van der Waals surface area (Å²) in [5, 5.41) is 1.99. The van der Waals surface area contributed by atoms with Crippen LogP contribution in [0.25, 0.3) is 10.8 Å². The van der Waals surface area contributed by atoms with Crippen molar-refractivity contribution in [3.05, 3.63) is 42.5 Å². The summed E-state index contributed by atoms with van der Waals surface area (Å²) in [7, 11) is -3.44. The molecule has 3 rings (SSSR count). The highest BCUT2D eigenvalue weighted by Crippen LogP contribution is 2.27. The maximum atomic E-state index is 12.7. The van der Waals surface area contributed by atoms with Crippen LogP contribution in [0.4, 0.5) is 0 Å². The lowest BCUT2D eigenvalue weighted by Crippen LogP contribution is -2.39. The second kappa shape index (κ2) is 5.16. The summed E-state index contributed by atoms with van der Waals surface area (Å²) in [6.07, 6.45) is 1.73. The molecule has 0 saturated carbocycles. The van der Waals surface area contributed by atoms with Gasteiger partial charge in [-0.1, -0.05) is 30.3 Å². The zero-order valence-corrected chi connectivity index (χ0v) is 12.0. The maximum Gasteiger partial charge on any atom is 0.243 e. The molecular formula is C15H18N2O2S. The molecule has 2 aromatic rings. The van der Waals surface area contributed by atoms with Crippen LogP contribution in [-0.2, 0) is 10.0 Å². The van der Waals surface area contributed by atoms with Crippen LogP contribution < -0.4 is 5.73 Å². The zero-order chi connectivity index (χ0) is 14.2. The number of sulfonamides is 1. The summed E-state index contributed by atoms with van der Waals surface area (Å²) < 4.78 is 27.0. The van der Waals surface area contributed by atoms with Crippen molar-refractivity contribution in [3.8, 4) is 0 Å². The summed E-state index contributed by atoms with van der Waals surface area (Å²) >= 11 is 0. The predicted octanol–water partition coefficient (Wildman–Crippen LogP) is 1.95. The molecular weight excluding hydrogens is 272 g/mol. The lowest BCUT2D eigenvalue weighted by Gasteiger charge is -2.23. The van der Waals surface area contributed by atoms with Crippen molar-refractivity contribution in [3.63, 3.8) is 0 Å². The minimum absolute atomic E-state index is 0.0635. The molecule has 1 unspecified atom stereocenters. The fraction of sp³-hybridized carbons (Fsp3) is 0.333. The second-order valence-electron chi connectivity index (χ2n) is 5.16. The Balaban J connectivity index is 2.04. The van der Waals surface area contributed by atoms with E-state index in [1.165, 1.54) is 0 Å². The number of fused-ring (bicyclic) bond motifs is 1. The van der Waals surface area contributed by atoms with E-state index in [0.717, 1.165) is 23.6 Å². The van der Waals surface area contributed by atoms with Crippen LogP contribution in [0.15, 0.2) is 47.4 Å². The molecule has 4 nitrogen and oxygen atoms in total. The third-order valence-corrected chi connectivity index (χ3v) is 5.87. The lowest BCUT2D eigenvalue weighted by atomic mass is 10.1. The summed E-state index contributed by atoms with van der Waals surface area (Å²) in [6, 6.07) is 13.0. The number of benzene rings is 2. The highest BCUT2D eigenvalue weighted by Gasteiger charge is 2.34. The normalized spacial score (nSPS) is 20.6. The molecule has 1 aliphatic rings. The van der Waals surface area contributed by atoms with Crippen molar-refractivity contribution in [2.45, 2.75) is 23.8 Å². The summed E-state index contributed by atoms with van der Waals surface area (Å²) in [6.45, 7) is 0.948. The number of nitrogens with zero attached hydrogens (tertiary/aromatic N) is 1. The van der Waals surface area contributed by atoms with Gasteiger partial charge in [-0.15, -0.1) is 0 Å². The van der Waals surface area contributed by atoms with Gasteiger partial charge in [-0.05, 0) is 35.7 Å². The standard InChI is InChI=1S/C15H18N2O2S/c16-11-14-6-3-9-17(14)20(18,19)15-8-7-12-4-1-2-5-13(12)10-15/h1-2,4-5,7-8,10,14H,3,6,9,11,16H2. The number of hydrogen-bond donors (Lipinski definition) is 1. The summed E-state index contributed by atoms with van der Waals surface area (Å²) in [4.78, 5) is 0.358. The van der Waals surface area contributed by atoms with Crippen LogP contribution in [0.2, 0.25) is 0 Å². The van der Waals surface area contributed by atoms with Gasteiger partial charge in [0.05, 0.1) is 4.90 Å². The summed E-state index contributed by atoms with van der Waals surface area (Å²) in [5.41, 5.74) is 5.68. The number of hydrogen-bond acceptors (Lipinski definition) is 3. The Labute approximate surface area is 119 Å². The Morgan fingerprint density at radius 3 is 2.65 bits per heavy atom. The first kappa shape index (κ1) is 13.5. The molecule has 0 bridgehead atoms. The average Bonchev–Trinajstić information content (AvgIpc) is 2.96. The Morgan fingerprint density at radius 1 is 1.15 bits per heavy atom. The highest BCUT2D eigenvalue weighted by molar-refractivity contribution is 7.89. The predicted molar refractivity (Wildman–Crippen MR) is 79.9 cm³/mol. The Hall–Kier alpha value is -1.43. The molecule has 0 radical (unpaired) electrons. The Bertz CT molecular complexity index is 727. The van der Waals surface area contributed by atoms with Crippen LogP contribution in [0.1, 0.15) is 12.8 Å². The van der Waals surface area contributed by atoms with E-state index in [-0.39, 0.29) is 6.04 Å². The van der Waals surface area contributed by atoms with Gasteiger partial charge in [-0.2, -0.15) is 4.31 Å². The maximum absolute atomic E-state index is 12.7. The van der Waals surface area contributed by atoms with Gasteiger partial charge in [-0.25, -0.2) is 8.42 Å². The highest BCUT2D eigenvalue weighted by atomic mass is 32.2. The second-order valence-corrected chi connectivity index (χ2v) is 7.05. The molecule has 20 heavy (non-hydrogen) atoms. The van der Waals surface area contributed by atoms with Crippen molar-refractivity contribution in [2.75, 3.05) is 13.1 Å². The number of nitrogens with two attached hydrogens (primary N) is 1. The lowest BCUT2D eigenvalue weighted by molar-refractivity contribution is 0.393. The first-order valence-electron chi connectivity index (χ1n) is 6.83. The zero-order valence-electron chi connectivity index (χ0n) is 11.2. The molecule has 0 spiro atoms. The fourth-order valence-corrected chi connectivity index (χ4v) is 4.56. The van der Waals surface area contributed by atoms with E-state index in [9.17, 15) is 8.42 Å². The molecule has 0 aromatic heterocycles. The molecule has 1 fully saturated rings. The molecule has 0 amide bonds. The van der Waals surface area contributed by atoms with Crippen molar-refractivity contribution in [1.82, 2.24) is 4.31 Å². The first-order valence-corrected chi connectivity index (χ1v) is 8.27. The third kappa shape index (κ3) is 2.22. The van der Waals surface area contributed by atoms with Gasteiger partial charge < -0.3 is 5.73 Å². The SMILES string of the molecule is NCC1CCCN1S(=O)(=O)c1ccc2ccccc2c1. The molecule has 106 valence electrons. The van der Waals surface area contributed by atoms with E-state index in [0.29, 0.717) is 18.0 Å². The van der Waals surface area contributed by atoms with Gasteiger partial charge >= 0.3 is 0 Å². The van der Waals surface area contributed by atoms with E-state index < -0.39 is 10.0 Å². The number of rotatable bonds is 3. The topological polar surface area (TPSA) is 63.4 Å². The van der Waals surface area contributed by atoms with Crippen LogP contribution in [0, 0.1) is 0 Å². The van der Waals surface area contributed by atoms with E-state index in [4.69, 9.17) is 5.73 Å². The largest absolute Gasteiger partial charge is 0.329 e. The van der Waals surface area contributed by atoms with Gasteiger partial charge in [0.15, 0.2) is 0 Å². The van der Waals surface area contributed by atoms with E-state index in [1.807, 2.05) is 30.3 Å². The van der Waals surface area contributed by atoms with Gasteiger partial charge in [0, 0.05) is 19.1 Å². The minimum Gasteiger partial charge on any atom is -0.329 e. The Morgan fingerprint density at radius 2 is 1.90 bits per heavy atom. The molecule has 0 aliphatic carbocycles. The van der Waals surface area contributed by atoms with Crippen LogP contribution in [0.5, 0.6) is 0 Å². The van der Waals surface area contributed by atoms with Crippen molar-refractivity contribution in [2.24, 2.45) is 5.73 Å². The molecule has 1 atom stereocenters.